The van der Waals surface area contributed by atoms with Gasteiger partial charge in [0.05, 0.1) is 14.2 Å². The number of ether oxygens (including phenoxy) is 2. The van der Waals surface area contributed by atoms with Gasteiger partial charge in [-0.05, 0) is 42.3 Å². The Morgan fingerprint density at radius 1 is 0.966 bits per heavy atom. The van der Waals surface area contributed by atoms with E-state index in [0.29, 0.717) is 25.3 Å². The van der Waals surface area contributed by atoms with Gasteiger partial charge in [-0.1, -0.05) is 30.3 Å². The molecule has 0 fully saturated rings. The molecule has 2 aromatic carbocycles. The highest BCUT2D eigenvalue weighted by molar-refractivity contribution is 5.92. The Balaban J connectivity index is 1.49. The summed E-state index contributed by atoms with van der Waals surface area (Å²) in [4.78, 5) is 12.3. The number of methoxy groups -OCH3 is 2. The van der Waals surface area contributed by atoms with E-state index in [1.807, 2.05) is 48.5 Å². The summed E-state index contributed by atoms with van der Waals surface area (Å²) in [5, 5.41) is 14.1. The van der Waals surface area contributed by atoms with Crippen LogP contribution in [-0.4, -0.2) is 36.9 Å². The smallest absolute Gasteiger partial charge is 0.271 e. The van der Waals surface area contributed by atoms with Gasteiger partial charge in [-0.3, -0.25) is 4.79 Å². The van der Waals surface area contributed by atoms with E-state index in [9.17, 15) is 4.79 Å². The molecule has 1 heterocycles. The van der Waals surface area contributed by atoms with Crippen molar-refractivity contribution in [1.29, 1.82) is 0 Å². The van der Waals surface area contributed by atoms with Crippen molar-refractivity contribution in [2.45, 2.75) is 13.0 Å². The summed E-state index contributed by atoms with van der Waals surface area (Å²) in [5.74, 6) is 1.94. The number of nitrogens with zero attached hydrogens (tertiary/aromatic N) is 2. The molecule has 0 saturated heterocycles. The van der Waals surface area contributed by atoms with E-state index in [-0.39, 0.29) is 11.6 Å². The Hall–Kier alpha value is -3.61. The molecule has 3 rings (SSSR count). The van der Waals surface area contributed by atoms with Crippen molar-refractivity contribution in [3.05, 3.63) is 77.5 Å². The van der Waals surface area contributed by atoms with E-state index < -0.39 is 0 Å². The van der Waals surface area contributed by atoms with Crippen LogP contribution in [0.1, 0.15) is 21.6 Å². The number of hydrogen-bond donors (Lipinski definition) is 2. The Kier molecular flexibility index (Phi) is 7.00. The van der Waals surface area contributed by atoms with Crippen molar-refractivity contribution in [3.63, 3.8) is 0 Å². The average Bonchev–Trinajstić information content (AvgIpc) is 2.78. The van der Waals surface area contributed by atoms with Crippen LogP contribution >= 0.6 is 0 Å². The number of benzene rings is 2. The molecule has 29 heavy (non-hydrogen) atoms. The van der Waals surface area contributed by atoms with Crippen LogP contribution in [0.25, 0.3) is 0 Å². The van der Waals surface area contributed by atoms with Gasteiger partial charge in [0, 0.05) is 18.7 Å². The van der Waals surface area contributed by atoms with Gasteiger partial charge in [-0.25, -0.2) is 0 Å². The first-order valence-electron chi connectivity index (χ1n) is 9.30. The summed E-state index contributed by atoms with van der Waals surface area (Å²) < 4.78 is 10.5. The fourth-order valence-corrected chi connectivity index (χ4v) is 2.82. The summed E-state index contributed by atoms with van der Waals surface area (Å²) >= 11 is 0. The van der Waals surface area contributed by atoms with Crippen LogP contribution in [0, 0.1) is 0 Å². The van der Waals surface area contributed by atoms with Crippen molar-refractivity contribution >= 4 is 11.7 Å². The second kappa shape index (κ2) is 10.1. The van der Waals surface area contributed by atoms with Crippen molar-refractivity contribution < 1.29 is 14.3 Å². The molecular formula is C22H24N4O3. The van der Waals surface area contributed by atoms with Gasteiger partial charge in [-0.2, -0.15) is 0 Å². The van der Waals surface area contributed by atoms with Gasteiger partial charge in [0.2, 0.25) is 0 Å². The van der Waals surface area contributed by atoms with Crippen molar-refractivity contribution in [1.82, 2.24) is 15.5 Å². The third-order valence-electron chi connectivity index (χ3n) is 4.38. The number of amides is 1. The minimum atomic E-state index is -0.253. The van der Waals surface area contributed by atoms with Gasteiger partial charge in [0.1, 0.15) is 17.3 Å². The number of nitrogens with one attached hydrogen (secondary N) is 2. The molecule has 3 aromatic rings. The topological polar surface area (TPSA) is 85.4 Å². The van der Waals surface area contributed by atoms with E-state index in [1.54, 1.807) is 26.4 Å². The molecular weight excluding hydrogens is 368 g/mol. The predicted molar refractivity (Wildman–Crippen MR) is 111 cm³/mol. The number of aromatic nitrogens is 2. The zero-order valence-corrected chi connectivity index (χ0v) is 16.5. The summed E-state index contributed by atoms with van der Waals surface area (Å²) in [5.41, 5.74) is 2.38. The maximum Gasteiger partial charge on any atom is 0.271 e. The van der Waals surface area contributed by atoms with Crippen LogP contribution in [0.3, 0.4) is 0 Å². The average molecular weight is 392 g/mol. The molecule has 7 nitrogen and oxygen atoms in total. The fraction of sp³-hybridized carbons (Fsp3) is 0.227. The van der Waals surface area contributed by atoms with Crippen LogP contribution in [0.5, 0.6) is 11.5 Å². The van der Waals surface area contributed by atoms with E-state index >= 15 is 0 Å². The number of anilines is 1. The van der Waals surface area contributed by atoms with Crippen LogP contribution in [-0.2, 0) is 13.0 Å². The standard InChI is InChI=1S/C22H24N4O3/c1-28-18-8-5-6-16(14-18)12-13-23-22(27)19-10-11-21(26-25-19)24-15-17-7-3-4-9-20(17)29-2/h3-11,14H,12-13,15H2,1-2H3,(H,23,27)(H,24,26). The first-order valence-corrected chi connectivity index (χ1v) is 9.30. The van der Waals surface area contributed by atoms with Crippen molar-refractivity contribution in [2.24, 2.45) is 0 Å². The highest BCUT2D eigenvalue weighted by Gasteiger charge is 2.08. The molecule has 0 bridgehead atoms. The largest absolute Gasteiger partial charge is 0.497 e. The number of para-hydroxylation sites is 1. The third-order valence-corrected chi connectivity index (χ3v) is 4.38. The minimum Gasteiger partial charge on any atom is -0.497 e. The zero-order chi connectivity index (χ0) is 20.5. The lowest BCUT2D eigenvalue weighted by molar-refractivity contribution is 0.0948. The molecule has 1 amide bonds. The maximum absolute atomic E-state index is 12.3. The van der Waals surface area contributed by atoms with Crippen molar-refractivity contribution in [3.8, 4) is 11.5 Å². The number of rotatable bonds is 9. The maximum atomic E-state index is 12.3. The second-order valence-corrected chi connectivity index (χ2v) is 6.33. The highest BCUT2D eigenvalue weighted by Crippen LogP contribution is 2.18. The Bertz CT molecular complexity index is 945. The second-order valence-electron chi connectivity index (χ2n) is 6.33. The first kappa shape index (κ1) is 20.1. The van der Waals surface area contributed by atoms with Crippen LogP contribution in [0.15, 0.2) is 60.7 Å². The zero-order valence-electron chi connectivity index (χ0n) is 16.5. The third kappa shape index (κ3) is 5.68. The summed E-state index contributed by atoms with van der Waals surface area (Å²) in [6.45, 7) is 1.05. The van der Waals surface area contributed by atoms with Crippen LogP contribution < -0.4 is 20.1 Å². The van der Waals surface area contributed by atoms with E-state index in [0.717, 1.165) is 22.6 Å². The first-order chi connectivity index (χ1) is 14.2. The fourth-order valence-electron chi connectivity index (χ4n) is 2.82. The monoisotopic (exact) mass is 392 g/mol. The molecule has 0 atom stereocenters. The highest BCUT2D eigenvalue weighted by atomic mass is 16.5. The number of carbonyl (C=O) groups excluding carboxylic acids is 1. The quantitative estimate of drug-likeness (QED) is 0.582. The molecule has 1 aromatic heterocycles. The molecule has 0 aliphatic rings. The SMILES string of the molecule is COc1cccc(CCNC(=O)c2ccc(NCc3ccccc3OC)nn2)c1. The van der Waals surface area contributed by atoms with Crippen LogP contribution in [0.2, 0.25) is 0 Å². The minimum absolute atomic E-state index is 0.253. The van der Waals surface area contributed by atoms with E-state index in [2.05, 4.69) is 20.8 Å². The van der Waals surface area contributed by atoms with Crippen LogP contribution in [0.4, 0.5) is 5.82 Å². The van der Waals surface area contributed by atoms with E-state index in [1.165, 1.54) is 0 Å². The Morgan fingerprint density at radius 2 is 1.83 bits per heavy atom. The molecule has 7 heteroatoms. The predicted octanol–water partition coefficient (Wildman–Crippen LogP) is 3.08. The molecule has 0 saturated carbocycles. The number of carbonyl (C=O) groups is 1. The molecule has 0 aliphatic heterocycles. The summed E-state index contributed by atoms with van der Waals surface area (Å²) in [6.07, 6.45) is 0.703. The molecule has 0 spiro atoms. The Labute approximate surface area is 170 Å². The number of hydrogen-bond acceptors (Lipinski definition) is 6. The molecule has 0 radical (unpaired) electrons. The lowest BCUT2D eigenvalue weighted by Crippen LogP contribution is -2.26. The normalized spacial score (nSPS) is 10.3. The molecule has 2 N–H and O–H groups in total. The summed E-state index contributed by atoms with van der Waals surface area (Å²) in [7, 11) is 3.27. The van der Waals surface area contributed by atoms with E-state index in [4.69, 9.17) is 9.47 Å². The van der Waals surface area contributed by atoms with Gasteiger partial charge in [0.15, 0.2) is 5.69 Å². The molecule has 0 aliphatic carbocycles. The Morgan fingerprint density at radius 3 is 2.59 bits per heavy atom. The van der Waals surface area contributed by atoms with Gasteiger partial charge in [-0.15, -0.1) is 10.2 Å². The van der Waals surface area contributed by atoms with Gasteiger partial charge < -0.3 is 20.1 Å². The molecule has 0 unspecified atom stereocenters. The van der Waals surface area contributed by atoms with Gasteiger partial charge in [0.25, 0.3) is 5.91 Å². The lowest BCUT2D eigenvalue weighted by atomic mass is 10.1. The van der Waals surface area contributed by atoms with Crippen molar-refractivity contribution in [2.75, 3.05) is 26.1 Å². The summed E-state index contributed by atoms with van der Waals surface area (Å²) in [6, 6.07) is 18.9. The lowest BCUT2D eigenvalue weighted by Gasteiger charge is -2.10. The molecule has 150 valence electrons. The van der Waals surface area contributed by atoms with Gasteiger partial charge >= 0.3 is 0 Å².